The molecule has 0 bridgehead atoms. The van der Waals surface area contributed by atoms with Crippen LogP contribution in [0, 0.1) is 12.8 Å². The lowest BCUT2D eigenvalue weighted by Crippen LogP contribution is -2.39. The maximum absolute atomic E-state index is 12.7. The summed E-state index contributed by atoms with van der Waals surface area (Å²) in [7, 11) is 0. The molecule has 0 atom stereocenters. The number of nitrogens with zero attached hydrogens (tertiary/aromatic N) is 2. The number of aromatic nitrogens is 1. The summed E-state index contributed by atoms with van der Waals surface area (Å²) in [6, 6.07) is 4.46. The number of piperidine rings is 1. The molecule has 2 heterocycles. The lowest BCUT2D eigenvalue weighted by molar-refractivity contribution is -0.139. The first-order valence-corrected chi connectivity index (χ1v) is 10.5. The molecule has 3 rings (SSSR count). The van der Waals surface area contributed by atoms with Gasteiger partial charge in [0.2, 0.25) is 5.89 Å². The number of hydrogen-bond acceptors (Lipinski definition) is 6. The van der Waals surface area contributed by atoms with E-state index < -0.39 is 23.8 Å². The van der Waals surface area contributed by atoms with Crippen molar-refractivity contribution in [2.45, 2.75) is 39.0 Å². The average Bonchev–Trinajstić information content (AvgIpc) is 3.15. The van der Waals surface area contributed by atoms with E-state index in [2.05, 4.69) is 4.98 Å². The minimum atomic E-state index is -4.42. The number of carbonyl (C=O) groups excluding carboxylic acids is 1. The Kier molecular flexibility index (Phi) is 7.96. The minimum Gasteiger partial charge on any atom is -0.481 e. The van der Waals surface area contributed by atoms with Gasteiger partial charge in [0.05, 0.1) is 18.6 Å². The fraction of sp³-hybridized carbons (Fsp3) is 0.500. The van der Waals surface area contributed by atoms with Crippen LogP contribution in [-0.4, -0.2) is 53.4 Å². The van der Waals surface area contributed by atoms with E-state index in [1.807, 2.05) is 0 Å². The normalized spacial score (nSPS) is 15.0. The highest BCUT2D eigenvalue weighted by Crippen LogP contribution is 2.31. The van der Waals surface area contributed by atoms with Crippen LogP contribution in [0.25, 0.3) is 11.5 Å². The summed E-state index contributed by atoms with van der Waals surface area (Å²) in [5, 5.41) is 8.61. The Bertz CT molecular complexity index is 950. The molecule has 0 unspecified atom stereocenters. The Morgan fingerprint density at radius 1 is 1.21 bits per heavy atom. The number of rotatable bonds is 8. The molecule has 0 aliphatic carbocycles. The fourth-order valence-electron chi connectivity index (χ4n) is 3.40. The molecule has 1 saturated heterocycles. The van der Waals surface area contributed by atoms with Crippen LogP contribution in [0.2, 0.25) is 0 Å². The van der Waals surface area contributed by atoms with Gasteiger partial charge < -0.3 is 23.9 Å². The fourth-order valence-corrected chi connectivity index (χ4v) is 3.40. The summed E-state index contributed by atoms with van der Waals surface area (Å²) in [4.78, 5) is 28.7. The van der Waals surface area contributed by atoms with Crippen molar-refractivity contribution in [3.05, 3.63) is 41.3 Å². The molecule has 1 N–H and O–H groups in total. The minimum absolute atomic E-state index is 0.0345. The molecule has 1 aromatic carbocycles. The van der Waals surface area contributed by atoms with Gasteiger partial charge in [-0.25, -0.2) is 9.78 Å². The van der Waals surface area contributed by atoms with Crippen LogP contribution >= 0.6 is 0 Å². The van der Waals surface area contributed by atoms with Gasteiger partial charge >= 0.3 is 18.2 Å². The maximum atomic E-state index is 12.7. The first-order valence-electron chi connectivity index (χ1n) is 10.5. The van der Waals surface area contributed by atoms with E-state index in [1.165, 1.54) is 12.1 Å². The first kappa shape index (κ1) is 24.6. The average molecular weight is 470 g/mol. The molecule has 0 radical (unpaired) electrons. The van der Waals surface area contributed by atoms with E-state index in [0.29, 0.717) is 36.7 Å². The Morgan fingerprint density at radius 3 is 2.48 bits per heavy atom. The second-order valence-electron chi connectivity index (χ2n) is 7.80. The predicted molar refractivity (Wildman–Crippen MR) is 109 cm³/mol. The van der Waals surface area contributed by atoms with Gasteiger partial charge in [-0.05, 0) is 49.9 Å². The first-order chi connectivity index (χ1) is 15.6. The highest BCUT2D eigenvalue weighted by molar-refractivity contribution is 5.67. The monoisotopic (exact) mass is 470 g/mol. The smallest absolute Gasteiger partial charge is 0.416 e. The van der Waals surface area contributed by atoms with Gasteiger partial charge in [-0.2, -0.15) is 13.2 Å². The van der Waals surface area contributed by atoms with Crippen LogP contribution in [0.15, 0.2) is 28.7 Å². The van der Waals surface area contributed by atoms with E-state index in [1.54, 1.807) is 11.8 Å². The van der Waals surface area contributed by atoms with Crippen LogP contribution in [0.4, 0.5) is 18.0 Å². The number of carboxylic acid groups (broad SMARTS) is 1. The van der Waals surface area contributed by atoms with Crippen LogP contribution in [0.5, 0.6) is 0 Å². The molecular formula is C22H25F3N2O6. The molecule has 2 aromatic rings. The second-order valence-corrected chi connectivity index (χ2v) is 7.80. The summed E-state index contributed by atoms with van der Waals surface area (Å²) in [6.45, 7) is 3.15. The zero-order valence-electron chi connectivity index (χ0n) is 18.1. The van der Waals surface area contributed by atoms with Crippen LogP contribution < -0.4 is 0 Å². The summed E-state index contributed by atoms with van der Waals surface area (Å²) in [6.07, 6.45) is -3.50. The molecule has 1 amide bonds. The van der Waals surface area contributed by atoms with Crippen LogP contribution in [-0.2, 0) is 27.1 Å². The van der Waals surface area contributed by atoms with E-state index in [4.69, 9.17) is 19.0 Å². The Morgan fingerprint density at radius 2 is 1.88 bits per heavy atom. The van der Waals surface area contributed by atoms with Gasteiger partial charge in [0.15, 0.2) is 0 Å². The van der Waals surface area contributed by atoms with Crippen LogP contribution in [0.1, 0.15) is 36.3 Å². The third-order valence-electron chi connectivity index (χ3n) is 5.37. The van der Waals surface area contributed by atoms with Crippen molar-refractivity contribution in [1.29, 1.82) is 0 Å². The van der Waals surface area contributed by atoms with Crippen molar-refractivity contribution < 1.29 is 41.8 Å². The van der Waals surface area contributed by atoms with Gasteiger partial charge in [-0.1, -0.05) is 0 Å². The van der Waals surface area contributed by atoms with E-state index in [9.17, 15) is 22.8 Å². The molecule has 180 valence electrons. The van der Waals surface area contributed by atoms with Gasteiger partial charge in [0.1, 0.15) is 18.1 Å². The number of carboxylic acids is 1. The number of oxazole rings is 1. The maximum Gasteiger partial charge on any atom is 0.416 e. The summed E-state index contributed by atoms with van der Waals surface area (Å²) in [5.41, 5.74) is 0.00978. The number of hydrogen-bond donors (Lipinski definition) is 1. The standard InChI is InChI=1S/C22H25F3N2O6/c1-14-18(26-20(33-14)16-2-4-17(5-3-16)22(23,24)25)13-32-21(30)27-9-6-15(7-10-27)12-31-11-8-19(28)29/h2-5,15H,6-13H2,1H3,(H,28,29). The van der Waals surface area contributed by atoms with E-state index >= 15 is 0 Å². The molecule has 1 aliphatic heterocycles. The third kappa shape index (κ3) is 6.95. The molecule has 1 fully saturated rings. The zero-order chi connectivity index (χ0) is 24.0. The number of likely N-dealkylation sites (tertiary alicyclic amines) is 1. The molecule has 0 spiro atoms. The molecule has 11 heteroatoms. The van der Waals surface area contributed by atoms with Crippen molar-refractivity contribution in [2.24, 2.45) is 5.92 Å². The summed E-state index contributed by atoms with van der Waals surface area (Å²) >= 11 is 0. The Balaban J connectivity index is 1.46. The van der Waals surface area contributed by atoms with Crippen molar-refractivity contribution in [2.75, 3.05) is 26.3 Å². The lowest BCUT2D eigenvalue weighted by Gasteiger charge is -2.31. The van der Waals surface area contributed by atoms with E-state index in [-0.39, 0.29) is 31.4 Å². The molecule has 1 aliphatic rings. The summed E-state index contributed by atoms with van der Waals surface area (Å²) in [5.74, 6) is -0.0841. The number of aryl methyl sites for hydroxylation is 1. The van der Waals surface area contributed by atoms with Gasteiger partial charge in [-0.15, -0.1) is 0 Å². The third-order valence-corrected chi connectivity index (χ3v) is 5.37. The molecule has 33 heavy (non-hydrogen) atoms. The molecule has 8 nitrogen and oxygen atoms in total. The van der Waals surface area contributed by atoms with Crippen LogP contribution in [0.3, 0.4) is 0 Å². The second kappa shape index (κ2) is 10.7. The van der Waals surface area contributed by atoms with Gasteiger partial charge in [0, 0.05) is 25.3 Å². The summed E-state index contributed by atoms with van der Waals surface area (Å²) < 4.78 is 54.4. The van der Waals surface area contributed by atoms with Crippen molar-refractivity contribution >= 4 is 12.1 Å². The zero-order valence-corrected chi connectivity index (χ0v) is 18.1. The molecule has 1 aromatic heterocycles. The highest BCUT2D eigenvalue weighted by atomic mass is 19.4. The van der Waals surface area contributed by atoms with E-state index in [0.717, 1.165) is 25.0 Å². The number of benzene rings is 1. The number of halogens is 3. The largest absolute Gasteiger partial charge is 0.481 e. The predicted octanol–water partition coefficient (Wildman–Crippen LogP) is 4.51. The topological polar surface area (TPSA) is 102 Å². The Hall–Kier alpha value is -3.08. The van der Waals surface area contributed by atoms with Crippen molar-refractivity contribution in [3.63, 3.8) is 0 Å². The quantitative estimate of drug-likeness (QED) is 0.567. The number of alkyl halides is 3. The van der Waals surface area contributed by atoms with Gasteiger partial charge in [0.25, 0.3) is 0 Å². The SMILES string of the molecule is Cc1oc(-c2ccc(C(F)(F)F)cc2)nc1COC(=O)N1CCC(COCCC(=O)O)CC1. The molecular weight excluding hydrogens is 445 g/mol. The number of amides is 1. The molecule has 0 saturated carbocycles. The van der Waals surface area contributed by atoms with Crippen molar-refractivity contribution in [1.82, 2.24) is 9.88 Å². The lowest BCUT2D eigenvalue weighted by atomic mass is 9.98. The number of aliphatic carboxylic acids is 1. The number of ether oxygens (including phenoxy) is 2. The van der Waals surface area contributed by atoms with Crippen molar-refractivity contribution in [3.8, 4) is 11.5 Å². The van der Waals surface area contributed by atoms with Gasteiger partial charge in [-0.3, -0.25) is 4.79 Å². The number of carbonyl (C=O) groups is 2. The Labute approximate surface area is 188 Å². The highest BCUT2D eigenvalue weighted by Gasteiger charge is 2.30.